The fourth-order valence-electron chi connectivity index (χ4n) is 3.18. The highest BCUT2D eigenvalue weighted by molar-refractivity contribution is 5.39. The molecule has 2 atom stereocenters. The van der Waals surface area contributed by atoms with Crippen molar-refractivity contribution in [3.63, 3.8) is 0 Å². The molecular weight excluding hydrogens is 260 g/mol. The lowest BCUT2D eigenvalue weighted by molar-refractivity contribution is -0.521. The maximum Gasteiger partial charge on any atom is 0.260 e. The number of nitrogens with zero attached hydrogens (tertiary/aromatic N) is 2. The summed E-state index contributed by atoms with van der Waals surface area (Å²) >= 11 is 0. The SMILES string of the molecule is C=CC1(N2CCCC2)C=C2OCCOC2=CC1[N+](=O)[O-]. The van der Waals surface area contributed by atoms with E-state index in [2.05, 4.69) is 11.5 Å². The Bertz CT molecular complexity index is 493. The highest BCUT2D eigenvalue weighted by atomic mass is 16.6. The van der Waals surface area contributed by atoms with E-state index in [0.29, 0.717) is 24.7 Å². The summed E-state index contributed by atoms with van der Waals surface area (Å²) in [5.41, 5.74) is -0.820. The van der Waals surface area contributed by atoms with E-state index in [4.69, 9.17) is 9.47 Å². The van der Waals surface area contributed by atoms with Crippen LogP contribution in [0.5, 0.6) is 0 Å². The highest BCUT2D eigenvalue weighted by Crippen LogP contribution is 2.37. The topological polar surface area (TPSA) is 64.8 Å². The van der Waals surface area contributed by atoms with Gasteiger partial charge in [-0.1, -0.05) is 6.08 Å². The van der Waals surface area contributed by atoms with Gasteiger partial charge in [-0.15, -0.1) is 6.58 Å². The molecule has 20 heavy (non-hydrogen) atoms. The van der Waals surface area contributed by atoms with Gasteiger partial charge >= 0.3 is 0 Å². The Morgan fingerprint density at radius 1 is 1.35 bits per heavy atom. The highest BCUT2D eigenvalue weighted by Gasteiger charge is 2.51. The van der Waals surface area contributed by atoms with E-state index in [1.807, 2.05) is 6.08 Å². The van der Waals surface area contributed by atoms with E-state index in [0.717, 1.165) is 25.9 Å². The van der Waals surface area contributed by atoms with E-state index in [9.17, 15) is 10.1 Å². The van der Waals surface area contributed by atoms with Gasteiger partial charge in [0.1, 0.15) is 18.8 Å². The van der Waals surface area contributed by atoms with Crippen molar-refractivity contribution in [3.8, 4) is 0 Å². The summed E-state index contributed by atoms with van der Waals surface area (Å²) in [5.74, 6) is 1.08. The first-order valence-electron chi connectivity index (χ1n) is 6.90. The third-order valence-corrected chi connectivity index (χ3v) is 4.19. The predicted octanol–water partition coefficient (Wildman–Crippen LogP) is 1.48. The molecule has 2 heterocycles. The Kier molecular flexibility index (Phi) is 3.25. The molecule has 108 valence electrons. The summed E-state index contributed by atoms with van der Waals surface area (Å²) in [6.45, 7) is 6.43. The Balaban J connectivity index is 2.05. The van der Waals surface area contributed by atoms with E-state index in [-0.39, 0.29) is 4.92 Å². The molecule has 2 saturated heterocycles. The molecule has 2 aliphatic heterocycles. The molecule has 6 heteroatoms. The number of hydrogen-bond donors (Lipinski definition) is 0. The van der Waals surface area contributed by atoms with Crippen LogP contribution in [0.1, 0.15) is 12.8 Å². The maximum absolute atomic E-state index is 11.5. The Morgan fingerprint density at radius 3 is 2.60 bits per heavy atom. The van der Waals surface area contributed by atoms with Gasteiger partial charge in [0.05, 0.1) is 0 Å². The smallest absolute Gasteiger partial charge is 0.260 e. The number of fused-ring (bicyclic) bond motifs is 1. The third kappa shape index (κ3) is 1.91. The molecule has 2 fully saturated rings. The molecule has 1 aliphatic carbocycles. The van der Waals surface area contributed by atoms with Gasteiger partial charge in [-0.25, -0.2) is 0 Å². The van der Waals surface area contributed by atoms with Gasteiger partial charge in [-0.3, -0.25) is 15.0 Å². The minimum Gasteiger partial charge on any atom is -0.486 e. The number of rotatable bonds is 3. The molecule has 0 bridgehead atoms. The summed E-state index contributed by atoms with van der Waals surface area (Å²) in [6.07, 6.45) is 7.15. The van der Waals surface area contributed by atoms with E-state index in [1.54, 1.807) is 12.2 Å². The summed E-state index contributed by atoms with van der Waals surface area (Å²) < 4.78 is 11.1. The fourth-order valence-corrected chi connectivity index (χ4v) is 3.18. The molecule has 2 unspecified atom stereocenters. The van der Waals surface area contributed by atoms with Crippen LogP contribution in [0.15, 0.2) is 36.3 Å². The Hall–Kier alpha value is -1.82. The molecule has 0 radical (unpaired) electrons. The van der Waals surface area contributed by atoms with Crippen molar-refractivity contribution in [2.45, 2.75) is 24.4 Å². The average Bonchev–Trinajstić information content (AvgIpc) is 3.00. The molecular formula is C14H18N2O4. The summed E-state index contributed by atoms with van der Waals surface area (Å²) in [4.78, 5) is 13.4. The lowest BCUT2D eigenvalue weighted by Gasteiger charge is -2.40. The van der Waals surface area contributed by atoms with Crippen molar-refractivity contribution < 1.29 is 14.4 Å². The van der Waals surface area contributed by atoms with Gasteiger partial charge < -0.3 is 9.47 Å². The molecule has 6 nitrogen and oxygen atoms in total. The van der Waals surface area contributed by atoms with Gasteiger partial charge in [0.15, 0.2) is 11.5 Å². The Labute approximate surface area is 117 Å². The van der Waals surface area contributed by atoms with Crippen molar-refractivity contribution >= 4 is 0 Å². The molecule has 3 aliphatic rings. The van der Waals surface area contributed by atoms with Crippen LogP contribution in [-0.2, 0) is 9.47 Å². The van der Waals surface area contributed by atoms with Crippen LogP contribution in [0.25, 0.3) is 0 Å². The van der Waals surface area contributed by atoms with Crippen molar-refractivity contribution in [2.24, 2.45) is 0 Å². The van der Waals surface area contributed by atoms with Crippen molar-refractivity contribution in [1.29, 1.82) is 0 Å². The molecule has 0 aromatic heterocycles. The second-order valence-electron chi connectivity index (χ2n) is 5.25. The molecule has 3 rings (SSSR count). The minimum absolute atomic E-state index is 0.266. The van der Waals surface area contributed by atoms with Crippen molar-refractivity contribution in [2.75, 3.05) is 26.3 Å². The van der Waals surface area contributed by atoms with Crippen molar-refractivity contribution in [3.05, 3.63) is 46.4 Å². The lowest BCUT2D eigenvalue weighted by Crippen LogP contribution is -2.57. The number of ether oxygens (including phenoxy) is 2. The minimum atomic E-state index is -0.890. The van der Waals surface area contributed by atoms with E-state index < -0.39 is 11.6 Å². The fraction of sp³-hybridized carbons (Fsp3) is 0.571. The zero-order chi connectivity index (χ0) is 14.2. The molecule has 0 saturated carbocycles. The second-order valence-corrected chi connectivity index (χ2v) is 5.25. The predicted molar refractivity (Wildman–Crippen MR) is 72.6 cm³/mol. The third-order valence-electron chi connectivity index (χ3n) is 4.19. The zero-order valence-electron chi connectivity index (χ0n) is 11.3. The van der Waals surface area contributed by atoms with Gasteiger partial charge in [0.25, 0.3) is 6.04 Å². The number of likely N-dealkylation sites (tertiary alicyclic amines) is 1. The van der Waals surface area contributed by atoms with Crippen LogP contribution in [0.2, 0.25) is 0 Å². The summed E-state index contributed by atoms with van der Waals surface area (Å²) in [5, 5.41) is 11.5. The van der Waals surface area contributed by atoms with Crippen LogP contribution >= 0.6 is 0 Å². The quantitative estimate of drug-likeness (QED) is 0.444. The standard InChI is InChI=1S/C14H18N2O4/c1-2-14(15-5-3-4-6-15)10-12-11(19-7-8-20-12)9-13(14)16(17)18/h2,9-10,13H,1,3-8H2. The van der Waals surface area contributed by atoms with Gasteiger partial charge in [-0.05, 0) is 32.0 Å². The first-order chi connectivity index (χ1) is 9.67. The first-order valence-corrected chi connectivity index (χ1v) is 6.90. The van der Waals surface area contributed by atoms with Crippen LogP contribution in [-0.4, -0.2) is 47.7 Å². The second kappa shape index (κ2) is 4.94. The molecule has 0 amide bonds. The average molecular weight is 278 g/mol. The summed E-state index contributed by atoms with van der Waals surface area (Å²) in [6, 6.07) is -0.890. The molecule has 0 spiro atoms. The van der Waals surface area contributed by atoms with E-state index in [1.165, 1.54) is 0 Å². The van der Waals surface area contributed by atoms with Gasteiger partial charge in [-0.2, -0.15) is 0 Å². The van der Waals surface area contributed by atoms with Crippen LogP contribution in [0.4, 0.5) is 0 Å². The largest absolute Gasteiger partial charge is 0.486 e. The molecule has 0 aromatic rings. The molecule has 0 aromatic carbocycles. The van der Waals surface area contributed by atoms with Gasteiger partial charge in [0.2, 0.25) is 0 Å². The Morgan fingerprint density at radius 2 is 2.00 bits per heavy atom. The zero-order valence-corrected chi connectivity index (χ0v) is 11.3. The van der Waals surface area contributed by atoms with Crippen LogP contribution < -0.4 is 0 Å². The van der Waals surface area contributed by atoms with E-state index >= 15 is 0 Å². The lowest BCUT2D eigenvalue weighted by atomic mass is 9.83. The first kappa shape index (κ1) is 13.2. The maximum atomic E-state index is 11.5. The van der Waals surface area contributed by atoms with Crippen LogP contribution in [0.3, 0.4) is 0 Å². The number of nitro groups is 1. The normalized spacial score (nSPS) is 33.3. The van der Waals surface area contributed by atoms with Crippen molar-refractivity contribution in [1.82, 2.24) is 4.90 Å². The number of hydrogen-bond acceptors (Lipinski definition) is 5. The van der Waals surface area contributed by atoms with Crippen LogP contribution in [0, 0.1) is 10.1 Å². The monoisotopic (exact) mass is 278 g/mol. The summed E-state index contributed by atoms with van der Waals surface area (Å²) in [7, 11) is 0. The van der Waals surface area contributed by atoms with Gasteiger partial charge in [0, 0.05) is 11.0 Å². The molecule has 0 N–H and O–H groups in total.